The summed E-state index contributed by atoms with van der Waals surface area (Å²) in [6.45, 7) is 0.403. The van der Waals surface area contributed by atoms with Crippen LogP contribution in [-0.4, -0.2) is 31.1 Å². The van der Waals surface area contributed by atoms with Gasteiger partial charge < -0.3 is 10.4 Å². The maximum Gasteiger partial charge on any atom is 0.264 e. The first-order valence-electron chi connectivity index (χ1n) is 9.57. The van der Waals surface area contributed by atoms with Gasteiger partial charge in [0.05, 0.1) is 16.1 Å². The van der Waals surface area contributed by atoms with E-state index in [4.69, 9.17) is 12.2 Å². The van der Waals surface area contributed by atoms with E-state index in [1.807, 2.05) is 18.2 Å². The Morgan fingerprint density at radius 3 is 2.53 bits per heavy atom. The minimum Gasteiger partial charge on any atom is -0.507 e. The molecule has 0 aromatic heterocycles. The minimum absolute atomic E-state index is 0.0125. The number of nitrogens with zero attached hydrogens (tertiary/aromatic N) is 1. The van der Waals surface area contributed by atoms with Crippen LogP contribution in [0.3, 0.4) is 0 Å². The third-order valence-corrected chi connectivity index (χ3v) is 7.50. The Labute approximate surface area is 199 Å². The molecule has 1 aliphatic heterocycles. The molecule has 0 fully saturated rings. The van der Waals surface area contributed by atoms with Crippen LogP contribution < -0.4 is 14.9 Å². The quantitative estimate of drug-likeness (QED) is 0.439. The maximum absolute atomic E-state index is 13.1. The molecule has 0 saturated heterocycles. The third-order valence-electron chi connectivity index (χ3n) is 4.98. The van der Waals surface area contributed by atoms with Crippen LogP contribution in [0.1, 0.15) is 15.9 Å². The summed E-state index contributed by atoms with van der Waals surface area (Å²) < 4.78 is 28.2. The van der Waals surface area contributed by atoms with Crippen molar-refractivity contribution in [3.8, 4) is 5.75 Å². The lowest BCUT2D eigenvalue weighted by molar-refractivity contribution is 0.0975. The number of halogens is 1. The fourth-order valence-electron chi connectivity index (χ4n) is 3.42. The zero-order valence-electron chi connectivity index (χ0n) is 16.6. The Bertz CT molecular complexity index is 1310. The van der Waals surface area contributed by atoms with Crippen LogP contribution in [0.5, 0.6) is 5.75 Å². The molecule has 7 nitrogen and oxygen atoms in total. The van der Waals surface area contributed by atoms with E-state index >= 15 is 0 Å². The van der Waals surface area contributed by atoms with Gasteiger partial charge in [-0.15, -0.1) is 0 Å². The van der Waals surface area contributed by atoms with Crippen LogP contribution in [0, 0.1) is 0 Å². The van der Waals surface area contributed by atoms with Crippen LogP contribution in [0.4, 0.5) is 11.4 Å². The number of hydrogen-bond acceptors (Lipinski definition) is 5. The number of para-hydroxylation sites is 1. The van der Waals surface area contributed by atoms with E-state index in [1.165, 1.54) is 28.6 Å². The molecule has 32 heavy (non-hydrogen) atoms. The van der Waals surface area contributed by atoms with E-state index in [-0.39, 0.29) is 21.3 Å². The Balaban J connectivity index is 1.44. The van der Waals surface area contributed by atoms with Crippen LogP contribution >= 0.6 is 28.1 Å². The monoisotopic (exact) mass is 531 g/mol. The lowest BCUT2D eigenvalue weighted by Crippen LogP contribution is -2.34. The number of carbonyl (C=O) groups is 1. The van der Waals surface area contributed by atoms with Gasteiger partial charge in [0.2, 0.25) is 0 Å². The average molecular weight is 532 g/mol. The molecule has 0 saturated carbocycles. The van der Waals surface area contributed by atoms with Crippen molar-refractivity contribution in [3.63, 3.8) is 0 Å². The number of anilines is 2. The standard InChI is InChI=1S/C22H18BrN3O4S2/c23-15-5-10-20(27)18(13-15)21(28)25-22(31)24-16-6-8-17(9-7-16)32(29,30)26-12-11-14-3-1-2-4-19(14)26/h1-10,13,27H,11-12H2,(H2,24,25,28,31). The molecule has 10 heteroatoms. The molecule has 4 rings (SSSR count). The van der Waals surface area contributed by atoms with Crippen molar-refractivity contribution in [3.05, 3.63) is 82.3 Å². The summed E-state index contributed by atoms with van der Waals surface area (Å²) in [5, 5.41) is 15.2. The molecule has 1 aliphatic rings. The van der Waals surface area contributed by atoms with Crippen LogP contribution in [0.15, 0.2) is 76.1 Å². The van der Waals surface area contributed by atoms with Crippen molar-refractivity contribution in [2.75, 3.05) is 16.2 Å². The number of nitrogens with one attached hydrogen (secondary N) is 2. The van der Waals surface area contributed by atoms with E-state index < -0.39 is 15.9 Å². The van der Waals surface area contributed by atoms with Gasteiger partial charge in [0.1, 0.15) is 5.75 Å². The first-order chi connectivity index (χ1) is 15.3. The highest BCUT2D eigenvalue weighted by molar-refractivity contribution is 9.10. The highest BCUT2D eigenvalue weighted by Gasteiger charge is 2.30. The average Bonchev–Trinajstić information content (AvgIpc) is 3.21. The van der Waals surface area contributed by atoms with E-state index in [9.17, 15) is 18.3 Å². The van der Waals surface area contributed by atoms with E-state index in [0.29, 0.717) is 28.8 Å². The number of benzene rings is 3. The molecule has 0 aliphatic carbocycles. The summed E-state index contributed by atoms with van der Waals surface area (Å²) in [5.74, 6) is -0.750. The summed E-state index contributed by atoms with van der Waals surface area (Å²) in [7, 11) is -3.69. The predicted octanol–water partition coefficient (Wildman–Crippen LogP) is 4.03. The van der Waals surface area contributed by atoms with Crippen molar-refractivity contribution in [2.24, 2.45) is 0 Å². The SMILES string of the molecule is O=C(NC(=S)Nc1ccc(S(=O)(=O)N2CCc3ccccc32)cc1)c1cc(Br)ccc1O. The largest absolute Gasteiger partial charge is 0.507 e. The molecule has 0 atom stereocenters. The van der Waals surface area contributed by atoms with Crippen molar-refractivity contribution >= 4 is 60.6 Å². The molecule has 1 amide bonds. The van der Waals surface area contributed by atoms with E-state index in [1.54, 1.807) is 24.3 Å². The zero-order chi connectivity index (χ0) is 22.9. The Morgan fingerprint density at radius 2 is 1.78 bits per heavy atom. The number of amides is 1. The topological polar surface area (TPSA) is 98.7 Å². The predicted molar refractivity (Wildman–Crippen MR) is 131 cm³/mol. The normalized spacial score (nSPS) is 12.8. The molecule has 0 bridgehead atoms. The van der Waals surface area contributed by atoms with Crippen molar-refractivity contribution < 1.29 is 18.3 Å². The van der Waals surface area contributed by atoms with Crippen molar-refractivity contribution in [1.82, 2.24) is 5.32 Å². The molecule has 3 aromatic carbocycles. The van der Waals surface area contributed by atoms with E-state index in [0.717, 1.165) is 5.56 Å². The van der Waals surface area contributed by atoms with Crippen LogP contribution in [0.25, 0.3) is 0 Å². The van der Waals surface area contributed by atoms with Gasteiger partial charge in [0.25, 0.3) is 15.9 Å². The summed E-state index contributed by atoms with van der Waals surface area (Å²) >= 11 is 8.41. The molecule has 3 aromatic rings. The van der Waals surface area contributed by atoms with Gasteiger partial charge in [0, 0.05) is 16.7 Å². The first-order valence-corrected chi connectivity index (χ1v) is 12.2. The van der Waals surface area contributed by atoms with Crippen molar-refractivity contribution in [2.45, 2.75) is 11.3 Å². The molecule has 1 heterocycles. The summed E-state index contributed by atoms with van der Waals surface area (Å²) in [5.41, 5.74) is 2.28. The van der Waals surface area contributed by atoms with Gasteiger partial charge in [-0.3, -0.25) is 14.4 Å². The lowest BCUT2D eigenvalue weighted by Gasteiger charge is -2.19. The zero-order valence-corrected chi connectivity index (χ0v) is 19.8. The van der Waals surface area contributed by atoms with Crippen LogP contribution in [0.2, 0.25) is 0 Å². The number of fused-ring (bicyclic) bond motifs is 1. The molecule has 164 valence electrons. The fraction of sp³-hybridized carbons (Fsp3) is 0.0909. The number of carbonyl (C=O) groups excluding carboxylic acids is 1. The number of aromatic hydroxyl groups is 1. The summed E-state index contributed by atoms with van der Waals surface area (Å²) in [6, 6.07) is 18.1. The number of hydrogen-bond donors (Lipinski definition) is 3. The molecule has 0 spiro atoms. The minimum atomic E-state index is -3.69. The fourth-order valence-corrected chi connectivity index (χ4v) is 5.49. The van der Waals surface area contributed by atoms with Gasteiger partial charge in [-0.2, -0.15) is 0 Å². The summed E-state index contributed by atoms with van der Waals surface area (Å²) in [6.07, 6.45) is 0.677. The second-order valence-electron chi connectivity index (χ2n) is 7.05. The second-order valence-corrected chi connectivity index (χ2v) is 10.2. The van der Waals surface area contributed by atoms with Crippen LogP contribution in [-0.2, 0) is 16.4 Å². The Kier molecular flexibility index (Phi) is 6.18. The van der Waals surface area contributed by atoms with Gasteiger partial charge in [0.15, 0.2) is 5.11 Å². The number of sulfonamides is 1. The molecular formula is C22H18BrN3O4S2. The number of phenolic OH excluding ortho intramolecular Hbond substituents is 1. The van der Waals surface area contributed by atoms with E-state index in [2.05, 4.69) is 26.6 Å². The molecule has 0 unspecified atom stereocenters. The smallest absolute Gasteiger partial charge is 0.264 e. The molecule has 3 N–H and O–H groups in total. The second kappa shape index (κ2) is 8.89. The lowest BCUT2D eigenvalue weighted by atomic mass is 10.2. The Morgan fingerprint density at radius 1 is 1.06 bits per heavy atom. The van der Waals surface area contributed by atoms with Gasteiger partial charge in [-0.25, -0.2) is 8.42 Å². The number of phenols is 1. The highest BCUT2D eigenvalue weighted by atomic mass is 79.9. The Hall–Kier alpha value is -2.95. The number of rotatable bonds is 4. The maximum atomic E-state index is 13.1. The number of thiocarbonyl (C=S) groups is 1. The highest BCUT2D eigenvalue weighted by Crippen LogP contribution is 2.32. The van der Waals surface area contributed by atoms with Crippen molar-refractivity contribution in [1.29, 1.82) is 0 Å². The first kappa shape index (κ1) is 22.3. The summed E-state index contributed by atoms with van der Waals surface area (Å²) in [4.78, 5) is 12.5. The molecule has 0 radical (unpaired) electrons. The third kappa shape index (κ3) is 4.47. The van der Waals surface area contributed by atoms with Gasteiger partial charge >= 0.3 is 0 Å². The van der Waals surface area contributed by atoms with Gasteiger partial charge in [-0.05, 0) is 72.7 Å². The molecular weight excluding hydrogens is 514 g/mol. The van der Waals surface area contributed by atoms with Gasteiger partial charge in [-0.1, -0.05) is 34.1 Å².